The quantitative estimate of drug-likeness (QED) is 0.541. The Hall–Kier alpha value is -2.18. The topological polar surface area (TPSA) is 44.8 Å². The third-order valence-electron chi connectivity index (χ3n) is 4.69. The molecule has 150 valence electrons. The zero-order valence-corrected chi connectivity index (χ0v) is 17.3. The van der Waals surface area contributed by atoms with Crippen molar-refractivity contribution >= 4 is 23.5 Å². The fourth-order valence-corrected chi connectivity index (χ4v) is 3.96. The van der Waals surface area contributed by atoms with Gasteiger partial charge in [-0.15, -0.1) is 11.8 Å². The van der Waals surface area contributed by atoms with Gasteiger partial charge in [0.25, 0.3) is 0 Å². The maximum absolute atomic E-state index is 12.3. The van der Waals surface area contributed by atoms with Crippen molar-refractivity contribution in [2.45, 2.75) is 17.9 Å². The summed E-state index contributed by atoms with van der Waals surface area (Å²) in [6.07, 6.45) is 0.952. The van der Waals surface area contributed by atoms with Gasteiger partial charge in [-0.2, -0.15) is 0 Å². The number of amides is 2. The molecule has 0 unspecified atom stereocenters. The molecular weight excluding hydrogens is 370 g/mol. The van der Waals surface area contributed by atoms with Crippen molar-refractivity contribution < 1.29 is 9.53 Å². The lowest BCUT2D eigenvalue weighted by atomic mass is 10.2. The Morgan fingerprint density at radius 1 is 1.11 bits per heavy atom. The molecule has 0 radical (unpaired) electrons. The van der Waals surface area contributed by atoms with Crippen LogP contribution in [-0.2, 0) is 11.3 Å². The van der Waals surface area contributed by atoms with Crippen LogP contribution in [0.3, 0.4) is 0 Å². The molecule has 0 atom stereocenters. The van der Waals surface area contributed by atoms with Gasteiger partial charge in [-0.05, 0) is 42.0 Å². The normalized spacial score (nSPS) is 14.0. The summed E-state index contributed by atoms with van der Waals surface area (Å²) >= 11 is 1.82. The van der Waals surface area contributed by atoms with Crippen LogP contribution in [-0.4, -0.2) is 56.6 Å². The van der Waals surface area contributed by atoms with E-state index in [-0.39, 0.29) is 6.03 Å². The number of ether oxygens (including phenoxy) is 1. The number of hydrogen-bond acceptors (Lipinski definition) is 4. The molecule has 1 heterocycles. The molecule has 2 aromatic carbocycles. The Morgan fingerprint density at radius 2 is 1.82 bits per heavy atom. The van der Waals surface area contributed by atoms with Gasteiger partial charge in [-0.1, -0.05) is 30.3 Å². The van der Waals surface area contributed by atoms with Gasteiger partial charge in [-0.25, -0.2) is 4.79 Å². The van der Waals surface area contributed by atoms with Crippen molar-refractivity contribution in [3.05, 3.63) is 60.2 Å². The number of hydrogen-bond donors (Lipinski definition) is 1. The highest BCUT2D eigenvalue weighted by atomic mass is 32.2. The molecule has 1 aliphatic heterocycles. The van der Waals surface area contributed by atoms with Gasteiger partial charge in [0.15, 0.2) is 0 Å². The molecular formula is C22H29N3O2S. The number of rotatable bonds is 8. The van der Waals surface area contributed by atoms with Gasteiger partial charge in [0.05, 0.1) is 13.2 Å². The highest BCUT2D eigenvalue weighted by Crippen LogP contribution is 2.18. The standard InChI is InChI=1S/C22H29N3O2S/c1-24(22(26)23-12-5-17-28-21-6-3-2-4-7-21)18-19-8-10-20(11-9-19)25-13-15-27-16-14-25/h2-4,6-11H,5,12-18H2,1H3,(H,23,26). The summed E-state index contributed by atoms with van der Waals surface area (Å²) in [4.78, 5) is 17.6. The van der Waals surface area contributed by atoms with E-state index in [0.29, 0.717) is 13.1 Å². The molecule has 6 heteroatoms. The van der Waals surface area contributed by atoms with Crippen molar-refractivity contribution in [1.82, 2.24) is 10.2 Å². The number of nitrogens with zero attached hydrogens (tertiary/aromatic N) is 2. The lowest BCUT2D eigenvalue weighted by Crippen LogP contribution is -2.37. The first-order valence-electron chi connectivity index (χ1n) is 9.81. The second-order valence-electron chi connectivity index (χ2n) is 6.87. The van der Waals surface area contributed by atoms with E-state index < -0.39 is 0 Å². The minimum Gasteiger partial charge on any atom is -0.378 e. The lowest BCUT2D eigenvalue weighted by Gasteiger charge is -2.29. The number of morpholine rings is 1. The van der Waals surface area contributed by atoms with Crippen LogP contribution in [0.4, 0.5) is 10.5 Å². The van der Waals surface area contributed by atoms with Gasteiger partial charge in [0.1, 0.15) is 0 Å². The van der Waals surface area contributed by atoms with Crippen molar-refractivity contribution in [3.63, 3.8) is 0 Å². The van der Waals surface area contributed by atoms with E-state index in [0.717, 1.165) is 44.0 Å². The number of urea groups is 1. The number of thioether (sulfide) groups is 1. The molecule has 0 spiro atoms. The number of nitrogens with one attached hydrogen (secondary N) is 1. The highest BCUT2D eigenvalue weighted by Gasteiger charge is 2.12. The molecule has 1 fully saturated rings. The van der Waals surface area contributed by atoms with Crippen LogP contribution in [0.25, 0.3) is 0 Å². The molecule has 2 aromatic rings. The fourth-order valence-electron chi connectivity index (χ4n) is 3.09. The number of benzene rings is 2. The lowest BCUT2D eigenvalue weighted by molar-refractivity contribution is 0.122. The molecule has 0 bridgehead atoms. The maximum Gasteiger partial charge on any atom is 0.317 e. The molecule has 0 aromatic heterocycles. The Balaban J connectivity index is 1.35. The van der Waals surface area contributed by atoms with Gasteiger partial charge < -0.3 is 19.9 Å². The largest absolute Gasteiger partial charge is 0.378 e. The van der Waals surface area contributed by atoms with Crippen molar-refractivity contribution in [2.75, 3.05) is 50.5 Å². The fraction of sp³-hybridized carbons (Fsp3) is 0.409. The Bertz CT molecular complexity index is 718. The first kappa shape index (κ1) is 20.6. The summed E-state index contributed by atoms with van der Waals surface area (Å²) in [5.74, 6) is 0.997. The van der Waals surface area contributed by atoms with Gasteiger partial charge in [0.2, 0.25) is 0 Å². The van der Waals surface area contributed by atoms with E-state index >= 15 is 0 Å². The Morgan fingerprint density at radius 3 is 2.54 bits per heavy atom. The van der Waals surface area contributed by atoms with E-state index in [1.54, 1.807) is 4.90 Å². The van der Waals surface area contributed by atoms with Crippen LogP contribution < -0.4 is 10.2 Å². The number of anilines is 1. The van der Waals surface area contributed by atoms with E-state index in [1.165, 1.54) is 10.6 Å². The molecule has 1 N–H and O–H groups in total. The van der Waals surface area contributed by atoms with Crippen LogP contribution in [0.5, 0.6) is 0 Å². The molecule has 28 heavy (non-hydrogen) atoms. The average Bonchev–Trinajstić information content (AvgIpc) is 2.75. The van der Waals surface area contributed by atoms with E-state index in [2.05, 4.69) is 46.6 Å². The minimum absolute atomic E-state index is 0.0260. The summed E-state index contributed by atoms with van der Waals surface area (Å²) < 4.78 is 5.40. The van der Waals surface area contributed by atoms with Crippen LogP contribution in [0.2, 0.25) is 0 Å². The van der Waals surface area contributed by atoms with Crippen molar-refractivity contribution in [2.24, 2.45) is 0 Å². The molecule has 0 aliphatic carbocycles. The second-order valence-corrected chi connectivity index (χ2v) is 8.04. The Kier molecular flexibility index (Phi) is 8.06. The SMILES string of the molecule is CN(Cc1ccc(N2CCOCC2)cc1)C(=O)NCCCSc1ccccc1. The molecule has 5 nitrogen and oxygen atoms in total. The Labute approximate surface area is 172 Å². The third kappa shape index (κ3) is 6.46. The number of carbonyl (C=O) groups is 1. The predicted octanol–water partition coefficient (Wildman–Crippen LogP) is 3.85. The molecule has 1 aliphatic rings. The zero-order valence-electron chi connectivity index (χ0n) is 16.5. The van der Waals surface area contributed by atoms with Crippen LogP contribution in [0.1, 0.15) is 12.0 Å². The van der Waals surface area contributed by atoms with E-state index in [9.17, 15) is 4.79 Å². The highest BCUT2D eigenvalue weighted by molar-refractivity contribution is 7.99. The summed E-state index contributed by atoms with van der Waals surface area (Å²) in [5.41, 5.74) is 2.35. The third-order valence-corrected chi connectivity index (χ3v) is 5.79. The first-order valence-corrected chi connectivity index (χ1v) is 10.8. The summed E-state index contributed by atoms with van der Waals surface area (Å²) in [6.45, 7) is 4.74. The van der Waals surface area contributed by atoms with Gasteiger partial charge in [0, 0.05) is 43.8 Å². The average molecular weight is 400 g/mol. The summed E-state index contributed by atoms with van der Waals surface area (Å²) in [6, 6.07) is 18.8. The molecule has 2 amide bonds. The van der Waals surface area contributed by atoms with E-state index in [4.69, 9.17) is 4.74 Å². The molecule has 0 saturated carbocycles. The van der Waals surface area contributed by atoms with Gasteiger partial charge in [-0.3, -0.25) is 0 Å². The predicted molar refractivity (Wildman–Crippen MR) is 116 cm³/mol. The van der Waals surface area contributed by atoms with Crippen LogP contribution >= 0.6 is 11.8 Å². The monoisotopic (exact) mass is 399 g/mol. The van der Waals surface area contributed by atoms with Crippen molar-refractivity contribution in [3.8, 4) is 0 Å². The first-order chi connectivity index (χ1) is 13.7. The van der Waals surface area contributed by atoms with Crippen molar-refractivity contribution in [1.29, 1.82) is 0 Å². The minimum atomic E-state index is -0.0260. The van der Waals surface area contributed by atoms with Crippen LogP contribution in [0.15, 0.2) is 59.5 Å². The molecule has 1 saturated heterocycles. The zero-order chi connectivity index (χ0) is 19.6. The summed E-state index contributed by atoms with van der Waals surface area (Å²) in [7, 11) is 1.84. The van der Waals surface area contributed by atoms with Gasteiger partial charge >= 0.3 is 6.03 Å². The maximum atomic E-state index is 12.3. The summed E-state index contributed by atoms with van der Waals surface area (Å²) in [5, 5.41) is 3.00. The van der Waals surface area contributed by atoms with E-state index in [1.807, 2.05) is 37.0 Å². The van der Waals surface area contributed by atoms with Crippen LogP contribution in [0, 0.1) is 0 Å². The number of carbonyl (C=O) groups excluding carboxylic acids is 1. The molecule has 3 rings (SSSR count). The smallest absolute Gasteiger partial charge is 0.317 e. The second kappa shape index (κ2) is 11.0.